The molecule has 162 valence electrons. The molecule has 3 aromatic carbocycles. The van der Waals surface area contributed by atoms with Gasteiger partial charge in [0.1, 0.15) is 6.54 Å². The maximum atomic E-state index is 12.7. The van der Waals surface area contributed by atoms with E-state index in [1.165, 1.54) is 24.3 Å². The first-order valence-electron chi connectivity index (χ1n) is 9.56. The summed E-state index contributed by atoms with van der Waals surface area (Å²) in [5.74, 6) is -1.27. The predicted molar refractivity (Wildman–Crippen MR) is 117 cm³/mol. The molecule has 32 heavy (non-hydrogen) atoms. The lowest BCUT2D eigenvalue weighted by molar-refractivity contribution is -0.139. The van der Waals surface area contributed by atoms with Crippen LogP contribution in [0.3, 0.4) is 0 Å². The van der Waals surface area contributed by atoms with E-state index in [0.717, 1.165) is 18.2 Å². The van der Waals surface area contributed by atoms with Gasteiger partial charge in [-0.05, 0) is 47.5 Å². The van der Waals surface area contributed by atoms with E-state index < -0.39 is 28.4 Å². The highest BCUT2D eigenvalue weighted by atomic mass is 32.2. The van der Waals surface area contributed by atoms with E-state index in [2.05, 4.69) is 14.8 Å². The summed E-state index contributed by atoms with van der Waals surface area (Å²) in [6.45, 7) is -0.488. The predicted octanol–water partition coefficient (Wildman–Crippen LogP) is 2.60. The molecule has 0 heterocycles. The van der Waals surface area contributed by atoms with Crippen molar-refractivity contribution in [2.75, 3.05) is 19.0 Å². The molecule has 1 aliphatic rings. The Labute approximate surface area is 184 Å². The van der Waals surface area contributed by atoms with Gasteiger partial charge in [0, 0.05) is 22.4 Å². The molecule has 0 saturated heterocycles. The summed E-state index contributed by atoms with van der Waals surface area (Å²) < 4.78 is 30.9. The summed E-state index contributed by atoms with van der Waals surface area (Å²) in [6.07, 6.45) is 0. The van der Waals surface area contributed by atoms with Gasteiger partial charge in [0.15, 0.2) is 5.78 Å². The zero-order chi connectivity index (χ0) is 22.9. The number of sulfonamides is 1. The number of anilines is 1. The maximum Gasteiger partial charge on any atom is 0.320 e. The highest BCUT2D eigenvalue weighted by Crippen LogP contribution is 2.36. The van der Waals surface area contributed by atoms with E-state index in [0.29, 0.717) is 22.4 Å². The van der Waals surface area contributed by atoms with Gasteiger partial charge in [-0.1, -0.05) is 30.3 Å². The summed E-state index contributed by atoms with van der Waals surface area (Å²) in [5.41, 5.74) is 3.39. The monoisotopic (exact) mass is 450 g/mol. The average Bonchev–Trinajstić information content (AvgIpc) is 3.09. The summed E-state index contributed by atoms with van der Waals surface area (Å²) in [5, 5.41) is 2.68. The van der Waals surface area contributed by atoms with Crippen LogP contribution in [-0.2, 0) is 19.6 Å². The molecule has 3 aromatic rings. The number of rotatable bonds is 6. The van der Waals surface area contributed by atoms with Crippen molar-refractivity contribution < 1.29 is 27.5 Å². The third kappa shape index (κ3) is 4.03. The fourth-order valence-corrected chi connectivity index (χ4v) is 4.37. The SMILES string of the molecule is COC(=O)CNS(=O)(=O)c1ccc(NC(=O)c2ccc3c(c2)C(=O)c2ccccc2-3)cc1. The molecule has 2 N–H and O–H groups in total. The average molecular weight is 450 g/mol. The summed E-state index contributed by atoms with van der Waals surface area (Å²) in [4.78, 5) is 36.4. The van der Waals surface area contributed by atoms with E-state index in [4.69, 9.17) is 0 Å². The minimum Gasteiger partial charge on any atom is -0.468 e. The Balaban J connectivity index is 1.48. The van der Waals surface area contributed by atoms with E-state index in [1.54, 1.807) is 30.3 Å². The fraction of sp³-hybridized carbons (Fsp3) is 0.0870. The van der Waals surface area contributed by atoms with Crippen molar-refractivity contribution in [3.63, 3.8) is 0 Å². The lowest BCUT2D eigenvalue weighted by atomic mass is 10.0. The Bertz CT molecular complexity index is 1350. The van der Waals surface area contributed by atoms with Crippen LogP contribution in [0.5, 0.6) is 0 Å². The van der Waals surface area contributed by atoms with Crippen LogP contribution in [0.15, 0.2) is 71.6 Å². The molecule has 0 atom stereocenters. The second-order valence-corrected chi connectivity index (χ2v) is 8.78. The summed E-state index contributed by atoms with van der Waals surface area (Å²) in [7, 11) is -2.75. The minimum atomic E-state index is -3.90. The van der Waals surface area contributed by atoms with Crippen LogP contribution in [0.4, 0.5) is 5.69 Å². The number of carbonyl (C=O) groups is 3. The smallest absolute Gasteiger partial charge is 0.320 e. The van der Waals surface area contributed by atoms with Crippen LogP contribution in [0.25, 0.3) is 11.1 Å². The van der Waals surface area contributed by atoms with Gasteiger partial charge in [-0.15, -0.1) is 0 Å². The molecule has 4 rings (SSSR count). The van der Waals surface area contributed by atoms with E-state index in [-0.39, 0.29) is 10.7 Å². The Morgan fingerprint density at radius 3 is 2.22 bits per heavy atom. The topological polar surface area (TPSA) is 119 Å². The number of amides is 1. The van der Waals surface area contributed by atoms with Crippen molar-refractivity contribution in [3.8, 4) is 11.1 Å². The fourth-order valence-electron chi connectivity index (χ4n) is 3.40. The summed E-state index contributed by atoms with van der Waals surface area (Å²) >= 11 is 0. The van der Waals surface area contributed by atoms with Crippen molar-refractivity contribution in [1.82, 2.24) is 4.72 Å². The second kappa shape index (κ2) is 8.37. The van der Waals surface area contributed by atoms with Gasteiger partial charge in [-0.25, -0.2) is 8.42 Å². The van der Waals surface area contributed by atoms with Crippen LogP contribution < -0.4 is 10.0 Å². The number of fused-ring (bicyclic) bond motifs is 3. The first kappa shape index (κ1) is 21.4. The number of nitrogens with one attached hydrogen (secondary N) is 2. The van der Waals surface area contributed by atoms with Gasteiger partial charge < -0.3 is 10.1 Å². The molecular formula is C23H18N2O6S. The van der Waals surface area contributed by atoms with E-state index >= 15 is 0 Å². The van der Waals surface area contributed by atoms with Gasteiger partial charge >= 0.3 is 5.97 Å². The zero-order valence-corrected chi connectivity index (χ0v) is 17.7. The number of hydrogen-bond acceptors (Lipinski definition) is 6. The molecule has 8 nitrogen and oxygen atoms in total. The number of hydrogen-bond donors (Lipinski definition) is 2. The quantitative estimate of drug-likeness (QED) is 0.436. The number of ketones is 1. The molecule has 0 aliphatic heterocycles. The molecule has 0 spiro atoms. The van der Waals surface area contributed by atoms with Gasteiger partial charge in [0.2, 0.25) is 10.0 Å². The minimum absolute atomic E-state index is 0.0692. The number of benzene rings is 3. The van der Waals surface area contributed by atoms with Gasteiger partial charge in [0.05, 0.1) is 12.0 Å². The van der Waals surface area contributed by atoms with Crippen molar-refractivity contribution in [2.45, 2.75) is 4.90 Å². The molecular weight excluding hydrogens is 432 g/mol. The second-order valence-electron chi connectivity index (χ2n) is 7.01. The van der Waals surface area contributed by atoms with Crippen molar-refractivity contribution in [2.24, 2.45) is 0 Å². The van der Waals surface area contributed by atoms with Crippen LogP contribution in [0.2, 0.25) is 0 Å². The van der Waals surface area contributed by atoms with E-state index in [1.807, 2.05) is 12.1 Å². The van der Waals surface area contributed by atoms with Crippen molar-refractivity contribution in [1.29, 1.82) is 0 Å². The maximum absolute atomic E-state index is 12.7. The Hall–Kier alpha value is -3.82. The highest BCUT2D eigenvalue weighted by Gasteiger charge is 2.27. The first-order chi connectivity index (χ1) is 15.3. The standard InChI is InChI=1S/C23H18N2O6S/c1-31-21(26)13-24-32(29,30)16-9-7-15(8-10-16)25-23(28)14-6-11-18-17-4-2-3-5-19(17)22(27)20(18)12-14/h2-12,24H,13H2,1H3,(H,25,28). The molecule has 1 amide bonds. The highest BCUT2D eigenvalue weighted by molar-refractivity contribution is 7.89. The van der Waals surface area contributed by atoms with Gasteiger partial charge in [-0.2, -0.15) is 4.72 Å². The van der Waals surface area contributed by atoms with Crippen LogP contribution in [-0.4, -0.2) is 39.7 Å². The zero-order valence-electron chi connectivity index (χ0n) is 16.9. The lowest BCUT2D eigenvalue weighted by Gasteiger charge is -2.09. The Morgan fingerprint density at radius 2 is 1.53 bits per heavy atom. The number of carbonyl (C=O) groups excluding carboxylic acids is 3. The third-order valence-electron chi connectivity index (χ3n) is 5.04. The molecule has 1 aliphatic carbocycles. The molecule has 0 fully saturated rings. The first-order valence-corrected chi connectivity index (χ1v) is 11.0. The molecule has 0 unspecified atom stereocenters. The van der Waals surface area contributed by atoms with Crippen LogP contribution in [0, 0.1) is 0 Å². The number of esters is 1. The Kier molecular flexibility index (Phi) is 5.60. The molecule has 0 bridgehead atoms. The molecule has 0 radical (unpaired) electrons. The lowest BCUT2D eigenvalue weighted by Crippen LogP contribution is -2.30. The third-order valence-corrected chi connectivity index (χ3v) is 6.46. The number of methoxy groups -OCH3 is 1. The van der Waals surface area contributed by atoms with Crippen LogP contribution >= 0.6 is 0 Å². The summed E-state index contributed by atoms with van der Waals surface area (Å²) in [6, 6.07) is 17.7. The molecule has 0 saturated carbocycles. The van der Waals surface area contributed by atoms with Crippen LogP contribution in [0.1, 0.15) is 26.3 Å². The van der Waals surface area contributed by atoms with E-state index in [9.17, 15) is 22.8 Å². The molecule has 9 heteroatoms. The van der Waals surface area contributed by atoms with Gasteiger partial charge in [-0.3, -0.25) is 14.4 Å². The van der Waals surface area contributed by atoms with Crippen molar-refractivity contribution >= 4 is 33.4 Å². The molecule has 0 aromatic heterocycles. The number of ether oxygens (including phenoxy) is 1. The normalized spacial score (nSPS) is 12.1. The Morgan fingerprint density at radius 1 is 0.875 bits per heavy atom. The van der Waals surface area contributed by atoms with Crippen molar-refractivity contribution in [3.05, 3.63) is 83.4 Å². The largest absolute Gasteiger partial charge is 0.468 e. The van der Waals surface area contributed by atoms with Gasteiger partial charge in [0.25, 0.3) is 5.91 Å².